The number of fused-ring (bicyclic) bond motifs is 1. The van der Waals surface area contributed by atoms with Gasteiger partial charge < -0.3 is 9.25 Å². The molecule has 0 aliphatic rings. The molecule has 0 saturated heterocycles. The Hall–Kier alpha value is -3.66. The highest BCUT2D eigenvalue weighted by molar-refractivity contribution is 6.02. The summed E-state index contributed by atoms with van der Waals surface area (Å²) in [5.41, 5.74) is 6.98. The number of carbonyl (C=O) groups is 1. The molecule has 0 aliphatic heterocycles. The molecule has 156 valence electrons. The number of carbonyl (C=O) groups excluding carboxylic acids is 1. The third-order valence-corrected chi connectivity index (χ3v) is 5.34. The monoisotopic (exact) mass is 411 g/mol. The van der Waals surface area contributed by atoms with Gasteiger partial charge in [0.1, 0.15) is 11.3 Å². The molecule has 4 rings (SSSR count). The van der Waals surface area contributed by atoms with Gasteiger partial charge in [0.2, 0.25) is 0 Å². The lowest BCUT2D eigenvalue weighted by atomic mass is 9.95. The number of hydrogen-bond acceptors (Lipinski definition) is 4. The summed E-state index contributed by atoms with van der Waals surface area (Å²) in [6.45, 7) is 6.27. The molecule has 0 bridgehead atoms. The van der Waals surface area contributed by atoms with Crippen molar-refractivity contribution in [3.8, 4) is 0 Å². The first-order chi connectivity index (χ1) is 15.0. The first-order valence-electron chi connectivity index (χ1n) is 10.4. The molecule has 0 saturated carbocycles. The molecule has 3 aromatic carbocycles. The van der Waals surface area contributed by atoms with Gasteiger partial charge in [-0.1, -0.05) is 71.4 Å². The lowest BCUT2D eigenvalue weighted by Crippen LogP contribution is -2.11. The Morgan fingerprint density at radius 3 is 2.26 bits per heavy atom. The summed E-state index contributed by atoms with van der Waals surface area (Å²) in [6, 6.07) is 23.5. The van der Waals surface area contributed by atoms with E-state index in [2.05, 4.69) is 38.1 Å². The maximum atomic E-state index is 12.4. The Kier molecular flexibility index (Phi) is 5.99. The molecule has 0 fully saturated rings. The van der Waals surface area contributed by atoms with Gasteiger partial charge in [-0.05, 0) is 55.2 Å². The predicted octanol–water partition coefficient (Wildman–Crippen LogP) is 6.09. The Bertz CT molecular complexity index is 1200. The van der Waals surface area contributed by atoms with E-state index in [1.807, 2.05) is 60.7 Å². The quantitative estimate of drug-likeness (QED) is 0.219. The van der Waals surface area contributed by atoms with Gasteiger partial charge >= 0.3 is 5.97 Å². The van der Waals surface area contributed by atoms with E-state index in [0.29, 0.717) is 17.9 Å². The standard InChI is InChI=1S/C27H25NO3/c1-18-13-19(2)23(20(3)14-18)17-24(26-16-22-11-7-8-12-25(22)30-26)28-31-27(29)15-21-9-5-4-6-10-21/h4-14,16H,15,17H2,1-3H3/b28-24+. The number of oxime groups is 1. The number of aryl methyl sites for hydroxylation is 3. The maximum Gasteiger partial charge on any atom is 0.339 e. The molecule has 1 heterocycles. The molecule has 4 nitrogen and oxygen atoms in total. The van der Waals surface area contributed by atoms with E-state index in [9.17, 15) is 4.79 Å². The molecule has 31 heavy (non-hydrogen) atoms. The van der Waals surface area contributed by atoms with Gasteiger partial charge in [0.25, 0.3) is 0 Å². The topological polar surface area (TPSA) is 51.8 Å². The maximum absolute atomic E-state index is 12.4. The zero-order chi connectivity index (χ0) is 21.8. The summed E-state index contributed by atoms with van der Waals surface area (Å²) in [4.78, 5) is 17.7. The van der Waals surface area contributed by atoms with Gasteiger partial charge in [-0.3, -0.25) is 0 Å². The van der Waals surface area contributed by atoms with Gasteiger partial charge in [0, 0.05) is 11.8 Å². The third-order valence-electron chi connectivity index (χ3n) is 5.34. The summed E-state index contributed by atoms with van der Waals surface area (Å²) in [6.07, 6.45) is 0.677. The van der Waals surface area contributed by atoms with E-state index in [4.69, 9.17) is 9.25 Å². The summed E-state index contributed by atoms with van der Waals surface area (Å²) in [7, 11) is 0. The Labute approximate surface area is 182 Å². The van der Waals surface area contributed by atoms with E-state index < -0.39 is 5.97 Å². The van der Waals surface area contributed by atoms with Crippen molar-refractivity contribution in [2.45, 2.75) is 33.6 Å². The lowest BCUT2D eigenvalue weighted by molar-refractivity contribution is -0.142. The molecule has 1 aromatic heterocycles. The number of para-hydroxylation sites is 1. The minimum atomic E-state index is -0.405. The summed E-state index contributed by atoms with van der Waals surface area (Å²) >= 11 is 0. The van der Waals surface area contributed by atoms with E-state index in [-0.39, 0.29) is 6.42 Å². The zero-order valence-electron chi connectivity index (χ0n) is 18.0. The zero-order valence-corrected chi connectivity index (χ0v) is 18.0. The molecule has 0 atom stereocenters. The minimum Gasteiger partial charge on any atom is -0.455 e. The summed E-state index contributed by atoms with van der Waals surface area (Å²) in [5.74, 6) is 0.199. The molecular formula is C27H25NO3. The molecule has 4 heteroatoms. The molecule has 0 spiro atoms. The van der Waals surface area contributed by atoms with Gasteiger partial charge in [-0.15, -0.1) is 0 Å². The molecule has 0 unspecified atom stereocenters. The molecule has 0 N–H and O–H groups in total. The number of hydrogen-bond donors (Lipinski definition) is 0. The van der Waals surface area contributed by atoms with Crippen molar-refractivity contribution in [1.82, 2.24) is 0 Å². The second-order valence-electron chi connectivity index (χ2n) is 7.87. The fraction of sp³-hybridized carbons (Fsp3) is 0.185. The molecule has 4 aromatic rings. The van der Waals surface area contributed by atoms with Crippen LogP contribution in [-0.2, 0) is 22.5 Å². The largest absolute Gasteiger partial charge is 0.455 e. The van der Waals surface area contributed by atoms with E-state index in [1.54, 1.807) is 0 Å². The van der Waals surface area contributed by atoms with Crippen molar-refractivity contribution in [1.29, 1.82) is 0 Å². The molecule has 0 amide bonds. The fourth-order valence-electron chi connectivity index (χ4n) is 3.85. The third kappa shape index (κ3) is 4.92. The van der Waals surface area contributed by atoms with Crippen molar-refractivity contribution in [3.05, 3.63) is 106 Å². The fourth-order valence-corrected chi connectivity index (χ4v) is 3.85. The number of rotatable bonds is 6. The second-order valence-corrected chi connectivity index (χ2v) is 7.87. The van der Waals surface area contributed by atoms with Crippen LogP contribution in [0.4, 0.5) is 0 Å². The van der Waals surface area contributed by atoms with Crippen molar-refractivity contribution < 1.29 is 14.0 Å². The van der Waals surface area contributed by atoms with Crippen LogP contribution in [0.3, 0.4) is 0 Å². The first-order valence-corrected chi connectivity index (χ1v) is 10.4. The van der Waals surface area contributed by atoms with Crippen molar-refractivity contribution in [2.75, 3.05) is 0 Å². The highest BCUT2D eigenvalue weighted by Gasteiger charge is 2.16. The van der Waals surface area contributed by atoms with Crippen LogP contribution < -0.4 is 0 Å². The number of furan rings is 1. The van der Waals surface area contributed by atoms with Crippen LogP contribution in [0.25, 0.3) is 11.0 Å². The lowest BCUT2D eigenvalue weighted by Gasteiger charge is -2.12. The summed E-state index contributed by atoms with van der Waals surface area (Å²) in [5, 5.41) is 5.24. The average Bonchev–Trinajstić information content (AvgIpc) is 3.17. The van der Waals surface area contributed by atoms with Crippen LogP contribution in [0.5, 0.6) is 0 Å². The van der Waals surface area contributed by atoms with E-state index >= 15 is 0 Å². The highest BCUT2D eigenvalue weighted by atomic mass is 16.7. The van der Waals surface area contributed by atoms with Crippen LogP contribution in [0.15, 0.2) is 82.4 Å². The SMILES string of the molecule is Cc1cc(C)c(C/C(=N\OC(=O)Cc2ccccc2)c2cc3ccccc3o2)c(C)c1. The van der Waals surface area contributed by atoms with E-state index in [0.717, 1.165) is 22.1 Å². The Morgan fingerprint density at radius 1 is 0.871 bits per heavy atom. The van der Waals surface area contributed by atoms with Crippen LogP contribution >= 0.6 is 0 Å². The first kappa shape index (κ1) is 20.6. The second kappa shape index (κ2) is 9.00. The number of nitrogens with zero attached hydrogens (tertiary/aromatic N) is 1. The number of benzene rings is 3. The van der Waals surface area contributed by atoms with Gasteiger partial charge in [-0.2, -0.15) is 0 Å². The van der Waals surface area contributed by atoms with Crippen LogP contribution in [0, 0.1) is 20.8 Å². The molecule has 0 aliphatic carbocycles. The van der Waals surface area contributed by atoms with Gasteiger partial charge in [0.05, 0.1) is 6.42 Å². The average molecular weight is 412 g/mol. The van der Waals surface area contributed by atoms with Crippen molar-refractivity contribution in [2.24, 2.45) is 5.16 Å². The predicted molar refractivity (Wildman–Crippen MR) is 123 cm³/mol. The van der Waals surface area contributed by atoms with Gasteiger partial charge in [0.15, 0.2) is 5.76 Å². The summed E-state index contributed by atoms with van der Waals surface area (Å²) < 4.78 is 6.03. The molecular weight excluding hydrogens is 386 g/mol. The van der Waals surface area contributed by atoms with Crippen LogP contribution in [-0.4, -0.2) is 11.7 Å². The normalized spacial score (nSPS) is 11.6. The van der Waals surface area contributed by atoms with Crippen LogP contribution in [0.2, 0.25) is 0 Å². The molecule has 0 radical (unpaired) electrons. The Balaban J connectivity index is 1.65. The van der Waals surface area contributed by atoms with E-state index in [1.165, 1.54) is 16.7 Å². The minimum absolute atomic E-state index is 0.167. The van der Waals surface area contributed by atoms with Crippen molar-refractivity contribution in [3.63, 3.8) is 0 Å². The smallest absolute Gasteiger partial charge is 0.339 e. The van der Waals surface area contributed by atoms with Gasteiger partial charge in [-0.25, -0.2) is 4.79 Å². The highest BCUT2D eigenvalue weighted by Crippen LogP contribution is 2.23. The van der Waals surface area contributed by atoms with Crippen molar-refractivity contribution >= 4 is 22.7 Å². The Morgan fingerprint density at radius 2 is 1.55 bits per heavy atom. The van der Waals surface area contributed by atoms with Crippen LogP contribution in [0.1, 0.15) is 33.6 Å².